The molecule has 0 radical (unpaired) electrons. The second-order valence-corrected chi connectivity index (χ2v) is 7.44. The molecule has 1 aliphatic carbocycles. The van der Waals surface area contributed by atoms with Crippen molar-refractivity contribution in [3.05, 3.63) is 45.9 Å². The first kappa shape index (κ1) is 16.0. The Morgan fingerprint density at radius 3 is 2.64 bits per heavy atom. The molecule has 0 bridgehead atoms. The van der Waals surface area contributed by atoms with Crippen LogP contribution in [0.1, 0.15) is 18.4 Å². The van der Waals surface area contributed by atoms with E-state index in [1.54, 1.807) is 15.6 Å². The number of benzene rings is 1. The highest BCUT2D eigenvalue weighted by molar-refractivity contribution is 7.71. The lowest BCUT2D eigenvalue weighted by Gasteiger charge is -2.33. The Bertz CT molecular complexity index is 753. The Morgan fingerprint density at radius 1 is 1.41 bits per heavy atom. The minimum Gasteiger partial charge on any atom is -0.386 e. The maximum Gasteiger partial charge on any atom is 0.197 e. The highest BCUT2D eigenvalue weighted by Crippen LogP contribution is 2.53. The van der Waals surface area contributed by atoms with Crippen LogP contribution in [0.4, 0.5) is 0 Å². The fourth-order valence-electron chi connectivity index (χ4n) is 2.66. The van der Waals surface area contributed by atoms with Gasteiger partial charge in [0.15, 0.2) is 4.77 Å². The average molecular weight is 358 g/mol. The van der Waals surface area contributed by atoms with Gasteiger partial charge in [0.1, 0.15) is 11.9 Å². The molecule has 2 aromatic rings. The summed E-state index contributed by atoms with van der Waals surface area (Å²) in [5.74, 6) is 0. The molecule has 1 aromatic carbocycles. The molecule has 0 saturated heterocycles. The highest BCUT2D eigenvalue weighted by atomic mass is 35.5. The predicted octanol–water partition coefficient (Wildman–Crippen LogP) is 3.35. The molecule has 0 aliphatic heterocycles. The molecule has 4 nitrogen and oxygen atoms in total. The van der Waals surface area contributed by atoms with Gasteiger partial charge in [-0.25, -0.2) is 4.68 Å². The number of aliphatic hydroxyl groups is 1. The van der Waals surface area contributed by atoms with Crippen molar-refractivity contribution in [2.45, 2.75) is 36.3 Å². The van der Waals surface area contributed by atoms with Gasteiger partial charge in [0.2, 0.25) is 0 Å². The number of halogens is 2. The second-order valence-electron chi connectivity index (χ2n) is 5.95. The Labute approximate surface area is 144 Å². The summed E-state index contributed by atoms with van der Waals surface area (Å²) in [5.41, 5.74) is -0.271. The number of hydrogen-bond acceptors (Lipinski definition) is 3. The van der Waals surface area contributed by atoms with Crippen LogP contribution in [0.25, 0.3) is 0 Å². The van der Waals surface area contributed by atoms with Crippen LogP contribution in [0.2, 0.25) is 5.02 Å². The molecule has 1 saturated carbocycles. The second kappa shape index (κ2) is 5.64. The van der Waals surface area contributed by atoms with Crippen LogP contribution in [0.5, 0.6) is 0 Å². The van der Waals surface area contributed by atoms with Gasteiger partial charge < -0.3 is 9.67 Å². The molecule has 1 aliphatic rings. The van der Waals surface area contributed by atoms with Crippen molar-refractivity contribution in [3.8, 4) is 0 Å². The van der Waals surface area contributed by atoms with Crippen molar-refractivity contribution in [1.29, 1.82) is 0 Å². The first-order valence-corrected chi connectivity index (χ1v) is 8.24. The van der Waals surface area contributed by atoms with Crippen molar-refractivity contribution < 1.29 is 5.11 Å². The monoisotopic (exact) mass is 357 g/mol. The molecule has 3 rings (SSSR count). The standard InChI is InChI=1S/C15H17Cl2N3OS/c1-19-10-18-20(13(19)22)9-15(21,14(17)6-7-14)8-11-4-2-3-5-12(11)16/h2-5,10,21H,6-9H2,1H3. The molecular formula is C15H17Cl2N3OS. The summed E-state index contributed by atoms with van der Waals surface area (Å²) in [4.78, 5) is -0.640. The molecule has 1 heterocycles. The van der Waals surface area contributed by atoms with Crippen molar-refractivity contribution in [2.24, 2.45) is 7.05 Å². The summed E-state index contributed by atoms with van der Waals surface area (Å²) >= 11 is 18.1. The topological polar surface area (TPSA) is 43.0 Å². The van der Waals surface area contributed by atoms with Crippen LogP contribution < -0.4 is 0 Å². The van der Waals surface area contributed by atoms with Crippen molar-refractivity contribution in [3.63, 3.8) is 0 Å². The van der Waals surface area contributed by atoms with E-state index in [2.05, 4.69) is 5.10 Å². The van der Waals surface area contributed by atoms with Gasteiger partial charge in [0, 0.05) is 18.5 Å². The van der Waals surface area contributed by atoms with Crippen LogP contribution in [0.3, 0.4) is 0 Å². The lowest BCUT2D eigenvalue weighted by Crippen LogP contribution is -2.47. The van der Waals surface area contributed by atoms with E-state index < -0.39 is 10.5 Å². The average Bonchev–Trinajstić information content (AvgIpc) is 3.17. The van der Waals surface area contributed by atoms with E-state index in [-0.39, 0.29) is 6.54 Å². The maximum absolute atomic E-state index is 11.3. The van der Waals surface area contributed by atoms with Gasteiger partial charge in [-0.05, 0) is 36.7 Å². The smallest absolute Gasteiger partial charge is 0.197 e. The van der Waals surface area contributed by atoms with Gasteiger partial charge in [-0.15, -0.1) is 11.6 Å². The van der Waals surface area contributed by atoms with Gasteiger partial charge in [-0.2, -0.15) is 5.10 Å². The Balaban J connectivity index is 1.94. The molecule has 7 heteroatoms. The molecule has 0 amide bonds. The highest BCUT2D eigenvalue weighted by Gasteiger charge is 2.58. The number of alkyl halides is 1. The van der Waals surface area contributed by atoms with E-state index in [0.29, 0.717) is 16.2 Å². The summed E-state index contributed by atoms with van der Waals surface area (Å²) in [6, 6.07) is 7.50. The van der Waals surface area contributed by atoms with Crippen LogP contribution >= 0.6 is 35.4 Å². The zero-order chi connectivity index (χ0) is 16.0. The Hall–Kier alpha value is -0.880. The van der Waals surface area contributed by atoms with Crippen LogP contribution in [0.15, 0.2) is 30.6 Å². The number of aryl methyl sites for hydroxylation is 1. The van der Waals surface area contributed by atoms with Crippen molar-refractivity contribution in [1.82, 2.24) is 14.3 Å². The van der Waals surface area contributed by atoms with Crippen LogP contribution in [-0.2, 0) is 20.0 Å². The minimum absolute atomic E-state index is 0.251. The molecule has 1 fully saturated rings. The molecule has 1 unspecified atom stereocenters. The van der Waals surface area contributed by atoms with Crippen LogP contribution in [0, 0.1) is 4.77 Å². The lowest BCUT2D eigenvalue weighted by atomic mass is 9.89. The summed E-state index contributed by atoms with van der Waals surface area (Å²) in [6.45, 7) is 0.251. The zero-order valence-corrected chi connectivity index (χ0v) is 14.5. The van der Waals surface area contributed by atoms with Gasteiger partial charge in [0.05, 0.1) is 11.4 Å². The van der Waals surface area contributed by atoms with E-state index in [9.17, 15) is 5.11 Å². The molecule has 22 heavy (non-hydrogen) atoms. The van der Waals surface area contributed by atoms with Crippen LogP contribution in [-0.4, -0.2) is 29.9 Å². The minimum atomic E-state index is -1.15. The van der Waals surface area contributed by atoms with Gasteiger partial charge >= 0.3 is 0 Å². The summed E-state index contributed by atoms with van der Waals surface area (Å²) < 4.78 is 3.91. The SMILES string of the molecule is Cn1cnn(CC(O)(Cc2ccccc2Cl)C2(Cl)CC2)c1=S. The largest absolute Gasteiger partial charge is 0.386 e. The van der Waals surface area contributed by atoms with E-state index >= 15 is 0 Å². The van der Waals surface area contributed by atoms with Crippen molar-refractivity contribution in [2.75, 3.05) is 0 Å². The first-order valence-electron chi connectivity index (χ1n) is 7.08. The predicted molar refractivity (Wildman–Crippen MR) is 90.0 cm³/mol. The first-order chi connectivity index (χ1) is 10.3. The normalized spacial score (nSPS) is 18.9. The Morgan fingerprint density at radius 2 is 2.09 bits per heavy atom. The Kier molecular flexibility index (Phi) is 4.10. The molecular weight excluding hydrogens is 341 g/mol. The van der Waals surface area contributed by atoms with Crippen molar-refractivity contribution >= 4 is 35.4 Å². The van der Waals surface area contributed by atoms with Gasteiger partial charge in [0.25, 0.3) is 0 Å². The third-order valence-corrected chi connectivity index (χ3v) is 5.86. The fraction of sp³-hybridized carbons (Fsp3) is 0.467. The van der Waals surface area contributed by atoms with E-state index in [4.69, 9.17) is 35.4 Å². The number of rotatable bonds is 5. The van der Waals surface area contributed by atoms with E-state index in [1.807, 2.05) is 31.3 Å². The molecule has 1 aromatic heterocycles. The number of hydrogen-bond donors (Lipinski definition) is 1. The number of nitrogens with zero attached hydrogens (tertiary/aromatic N) is 3. The third-order valence-electron chi connectivity index (χ3n) is 4.26. The lowest BCUT2D eigenvalue weighted by molar-refractivity contribution is 0.00720. The summed E-state index contributed by atoms with van der Waals surface area (Å²) in [7, 11) is 1.83. The number of aromatic nitrogens is 3. The zero-order valence-electron chi connectivity index (χ0n) is 12.2. The quantitative estimate of drug-likeness (QED) is 0.659. The molecule has 0 spiro atoms. The summed E-state index contributed by atoms with van der Waals surface area (Å²) in [6.07, 6.45) is 3.55. The van der Waals surface area contributed by atoms with E-state index in [1.165, 1.54) is 0 Å². The maximum atomic E-state index is 11.3. The van der Waals surface area contributed by atoms with Gasteiger partial charge in [-0.3, -0.25) is 0 Å². The molecule has 1 N–H and O–H groups in total. The fourth-order valence-corrected chi connectivity index (χ4v) is 3.25. The molecule has 118 valence electrons. The molecule has 1 atom stereocenters. The third kappa shape index (κ3) is 2.83. The van der Waals surface area contributed by atoms with Gasteiger partial charge in [-0.1, -0.05) is 29.8 Å². The summed E-state index contributed by atoms with van der Waals surface area (Å²) in [5, 5.41) is 16.1. The van der Waals surface area contributed by atoms with E-state index in [0.717, 1.165) is 18.4 Å².